The first kappa shape index (κ1) is 15.9. The third-order valence-corrected chi connectivity index (χ3v) is 3.50. The van der Waals surface area contributed by atoms with Crippen LogP contribution in [0.25, 0.3) is 0 Å². The molecule has 2 amide bonds. The highest BCUT2D eigenvalue weighted by atomic mass is 32.1. The zero-order valence-corrected chi connectivity index (χ0v) is 13.0. The van der Waals surface area contributed by atoms with Crippen LogP contribution < -0.4 is 15.4 Å². The van der Waals surface area contributed by atoms with Gasteiger partial charge >= 0.3 is 0 Å². The van der Waals surface area contributed by atoms with Crippen molar-refractivity contribution in [2.75, 3.05) is 12.4 Å². The molecule has 0 bridgehead atoms. The monoisotopic (exact) mass is 320 g/mol. The Balaban J connectivity index is 2.07. The lowest BCUT2D eigenvalue weighted by Gasteiger charge is -2.18. The molecule has 1 atom stereocenters. The summed E-state index contributed by atoms with van der Waals surface area (Å²) in [6, 6.07) is 6.78. The molecule has 22 heavy (non-hydrogen) atoms. The molecule has 0 saturated carbocycles. The van der Waals surface area contributed by atoms with Crippen molar-refractivity contribution in [1.29, 1.82) is 0 Å². The van der Waals surface area contributed by atoms with Gasteiger partial charge in [0.05, 0.1) is 19.6 Å². The van der Waals surface area contributed by atoms with E-state index in [4.69, 9.17) is 4.74 Å². The molecule has 0 aliphatic rings. The zero-order chi connectivity index (χ0) is 15.9. The van der Waals surface area contributed by atoms with E-state index in [0.29, 0.717) is 10.9 Å². The maximum atomic E-state index is 12.1. The Morgan fingerprint density at radius 2 is 2.05 bits per heavy atom. The van der Waals surface area contributed by atoms with Crippen molar-refractivity contribution >= 4 is 28.3 Å². The van der Waals surface area contributed by atoms with Crippen LogP contribution in [0.1, 0.15) is 24.9 Å². The minimum absolute atomic E-state index is 0.103. The molecule has 0 aliphatic heterocycles. The minimum Gasteiger partial charge on any atom is -0.497 e. The van der Waals surface area contributed by atoms with Gasteiger partial charge in [0, 0.05) is 6.92 Å². The summed E-state index contributed by atoms with van der Waals surface area (Å²) in [6.07, 6.45) is 0.103. The van der Waals surface area contributed by atoms with Gasteiger partial charge < -0.3 is 15.4 Å². The predicted molar refractivity (Wildman–Crippen MR) is 82.7 cm³/mol. The van der Waals surface area contributed by atoms with E-state index in [1.807, 2.05) is 12.1 Å². The van der Waals surface area contributed by atoms with Crippen LogP contribution in [0.3, 0.4) is 0 Å². The molecule has 0 aliphatic carbocycles. The summed E-state index contributed by atoms with van der Waals surface area (Å²) in [7, 11) is 1.58. The number of methoxy groups -OCH3 is 1. The third-order valence-electron chi connectivity index (χ3n) is 2.89. The predicted octanol–water partition coefficient (Wildman–Crippen LogP) is 1.75. The Bertz CT molecular complexity index is 628. The minimum atomic E-state index is -0.420. The second kappa shape index (κ2) is 7.51. The van der Waals surface area contributed by atoms with Crippen LogP contribution in [0.2, 0.25) is 0 Å². The highest BCUT2D eigenvalue weighted by Gasteiger charge is 2.18. The molecule has 8 heteroatoms. The second-order valence-corrected chi connectivity index (χ2v) is 5.36. The third kappa shape index (κ3) is 4.52. The smallest absolute Gasteiger partial charge is 0.228 e. The number of amides is 2. The molecule has 0 fully saturated rings. The topological polar surface area (TPSA) is 93.2 Å². The van der Waals surface area contributed by atoms with Crippen LogP contribution in [-0.2, 0) is 9.59 Å². The molecule has 0 unspecified atom stereocenters. The Kier molecular flexibility index (Phi) is 5.42. The molecule has 7 nitrogen and oxygen atoms in total. The summed E-state index contributed by atoms with van der Waals surface area (Å²) in [6.45, 7) is 1.42. The average molecular weight is 320 g/mol. The van der Waals surface area contributed by atoms with E-state index in [1.54, 1.807) is 19.2 Å². The Labute approximate surface area is 131 Å². The van der Waals surface area contributed by atoms with Crippen LogP contribution in [0.15, 0.2) is 29.8 Å². The van der Waals surface area contributed by atoms with Gasteiger partial charge in [-0.25, -0.2) is 0 Å². The van der Waals surface area contributed by atoms with Gasteiger partial charge in [-0.05, 0) is 17.7 Å². The molecular formula is C14H16N4O3S. The van der Waals surface area contributed by atoms with Gasteiger partial charge in [-0.1, -0.05) is 23.5 Å². The summed E-state index contributed by atoms with van der Waals surface area (Å²) in [4.78, 5) is 23.4. The van der Waals surface area contributed by atoms with E-state index in [1.165, 1.54) is 23.8 Å². The van der Waals surface area contributed by atoms with Crippen LogP contribution in [-0.4, -0.2) is 29.1 Å². The number of aromatic nitrogens is 2. The lowest BCUT2D eigenvalue weighted by atomic mass is 10.0. The van der Waals surface area contributed by atoms with Crippen molar-refractivity contribution in [2.24, 2.45) is 0 Å². The summed E-state index contributed by atoms with van der Waals surface area (Å²) < 4.78 is 5.10. The molecular weight excluding hydrogens is 304 g/mol. The number of nitrogens with one attached hydrogen (secondary N) is 2. The normalized spacial score (nSPS) is 11.5. The van der Waals surface area contributed by atoms with E-state index < -0.39 is 6.04 Å². The highest BCUT2D eigenvalue weighted by molar-refractivity contribution is 7.13. The Morgan fingerprint density at radius 1 is 1.32 bits per heavy atom. The summed E-state index contributed by atoms with van der Waals surface area (Å²) in [5, 5.41) is 13.3. The van der Waals surface area contributed by atoms with Crippen molar-refractivity contribution in [1.82, 2.24) is 15.5 Å². The number of carbonyl (C=O) groups is 2. The lowest BCUT2D eigenvalue weighted by Crippen LogP contribution is -2.29. The van der Waals surface area contributed by atoms with Crippen molar-refractivity contribution in [3.63, 3.8) is 0 Å². The van der Waals surface area contributed by atoms with Crippen molar-refractivity contribution in [3.05, 3.63) is 35.3 Å². The molecule has 116 valence electrons. The fraction of sp³-hybridized carbons (Fsp3) is 0.286. The lowest BCUT2D eigenvalue weighted by molar-refractivity contribution is -0.120. The maximum Gasteiger partial charge on any atom is 0.228 e. The van der Waals surface area contributed by atoms with E-state index in [2.05, 4.69) is 20.8 Å². The molecule has 1 aromatic carbocycles. The van der Waals surface area contributed by atoms with Crippen LogP contribution in [0.5, 0.6) is 5.75 Å². The first-order valence-electron chi connectivity index (χ1n) is 6.55. The number of hydrogen-bond acceptors (Lipinski definition) is 6. The first-order chi connectivity index (χ1) is 10.6. The summed E-state index contributed by atoms with van der Waals surface area (Å²) >= 11 is 1.23. The van der Waals surface area contributed by atoms with E-state index in [-0.39, 0.29) is 18.2 Å². The van der Waals surface area contributed by atoms with E-state index in [9.17, 15) is 9.59 Å². The standard InChI is InChI=1S/C14H16N4O3S/c1-9(19)16-12(10-3-5-11(21-2)6-4-10)7-13(20)17-14-18-15-8-22-14/h3-6,8,12H,7H2,1-2H3,(H,16,19)(H,17,18,20)/t12-/m1/s1. The molecule has 1 aromatic heterocycles. The largest absolute Gasteiger partial charge is 0.497 e. The zero-order valence-electron chi connectivity index (χ0n) is 12.2. The molecule has 2 aromatic rings. The number of ether oxygens (including phenoxy) is 1. The number of benzene rings is 1. The average Bonchev–Trinajstić information content (AvgIpc) is 2.99. The maximum absolute atomic E-state index is 12.1. The van der Waals surface area contributed by atoms with Gasteiger partial charge in [-0.2, -0.15) is 0 Å². The van der Waals surface area contributed by atoms with Crippen molar-refractivity contribution in [2.45, 2.75) is 19.4 Å². The molecule has 1 heterocycles. The number of nitrogens with zero attached hydrogens (tertiary/aromatic N) is 2. The van der Waals surface area contributed by atoms with Gasteiger partial charge in [-0.15, -0.1) is 10.2 Å². The van der Waals surface area contributed by atoms with Crippen LogP contribution in [0.4, 0.5) is 5.13 Å². The fourth-order valence-electron chi connectivity index (χ4n) is 1.92. The number of hydrogen-bond donors (Lipinski definition) is 2. The number of rotatable bonds is 6. The Morgan fingerprint density at radius 3 is 2.59 bits per heavy atom. The molecule has 0 spiro atoms. The van der Waals surface area contributed by atoms with Crippen molar-refractivity contribution < 1.29 is 14.3 Å². The Hall–Kier alpha value is -2.48. The number of anilines is 1. The molecule has 2 rings (SSSR count). The summed E-state index contributed by atoms with van der Waals surface area (Å²) in [5.74, 6) is 0.263. The molecule has 0 radical (unpaired) electrons. The van der Waals surface area contributed by atoms with E-state index >= 15 is 0 Å². The summed E-state index contributed by atoms with van der Waals surface area (Å²) in [5.41, 5.74) is 2.35. The quantitative estimate of drug-likeness (QED) is 0.846. The fourth-order valence-corrected chi connectivity index (χ4v) is 2.38. The number of carbonyl (C=O) groups excluding carboxylic acids is 2. The van der Waals surface area contributed by atoms with Crippen LogP contribution in [0, 0.1) is 0 Å². The van der Waals surface area contributed by atoms with Gasteiger partial charge in [0.2, 0.25) is 16.9 Å². The van der Waals surface area contributed by atoms with Gasteiger partial charge in [-0.3, -0.25) is 9.59 Å². The van der Waals surface area contributed by atoms with Gasteiger partial charge in [0.15, 0.2) is 0 Å². The first-order valence-corrected chi connectivity index (χ1v) is 7.43. The van der Waals surface area contributed by atoms with Gasteiger partial charge in [0.1, 0.15) is 11.3 Å². The van der Waals surface area contributed by atoms with Crippen molar-refractivity contribution in [3.8, 4) is 5.75 Å². The second-order valence-electron chi connectivity index (χ2n) is 4.52. The molecule has 2 N–H and O–H groups in total. The van der Waals surface area contributed by atoms with Gasteiger partial charge in [0.25, 0.3) is 0 Å². The SMILES string of the molecule is COc1ccc([C@@H](CC(=O)Nc2nncs2)NC(C)=O)cc1. The van der Waals surface area contributed by atoms with E-state index in [0.717, 1.165) is 5.56 Å². The highest BCUT2D eigenvalue weighted by Crippen LogP contribution is 2.21. The van der Waals surface area contributed by atoms with Crippen LogP contribution >= 0.6 is 11.3 Å². The molecule has 0 saturated heterocycles.